The molecule has 162 valence electrons. The van der Waals surface area contributed by atoms with Crippen LogP contribution in [-0.4, -0.2) is 58.3 Å². The molecule has 2 aliphatic rings. The fourth-order valence-corrected chi connectivity index (χ4v) is 4.51. The van der Waals surface area contributed by atoms with Crippen LogP contribution in [0.15, 0.2) is 34.9 Å². The number of hydrogen-bond donors (Lipinski definition) is 1. The molecule has 0 radical (unpaired) electrons. The first-order chi connectivity index (χ1) is 14.5. The molecule has 1 aromatic heterocycles. The van der Waals surface area contributed by atoms with Gasteiger partial charge in [0.05, 0.1) is 11.8 Å². The summed E-state index contributed by atoms with van der Waals surface area (Å²) in [5.74, 6) is 1.06. The molecule has 3 heterocycles. The van der Waals surface area contributed by atoms with Gasteiger partial charge in [0.25, 0.3) is 5.91 Å². The van der Waals surface area contributed by atoms with Crippen molar-refractivity contribution < 1.29 is 14.4 Å². The van der Waals surface area contributed by atoms with Crippen LogP contribution in [0.4, 0.5) is 0 Å². The van der Waals surface area contributed by atoms with Gasteiger partial charge in [-0.25, -0.2) is 0 Å². The molecule has 2 aliphatic heterocycles. The van der Waals surface area contributed by atoms with Crippen molar-refractivity contribution >= 4 is 5.91 Å². The van der Waals surface area contributed by atoms with Gasteiger partial charge >= 0.3 is 0 Å². The van der Waals surface area contributed by atoms with E-state index in [1.54, 1.807) is 4.90 Å². The van der Waals surface area contributed by atoms with E-state index in [-0.39, 0.29) is 12.0 Å². The van der Waals surface area contributed by atoms with E-state index in [0.717, 1.165) is 38.2 Å². The molecule has 0 unspecified atom stereocenters. The average molecular weight is 412 g/mol. The Hall–Kier alpha value is -2.18. The number of rotatable bonds is 5. The van der Waals surface area contributed by atoms with E-state index in [1.165, 1.54) is 11.1 Å². The molecule has 6 nitrogen and oxygen atoms in total. The molecule has 1 amide bonds. The van der Waals surface area contributed by atoms with E-state index in [4.69, 9.17) is 4.52 Å². The maximum atomic E-state index is 12.7. The highest BCUT2D eigenvalue weighted by Gasteiger charge is 2.28. The number of piperidine rings is 2. The molecule has 6 heteroatoms. The number of aliphatic hydroxyl groups excluding tert-OH is 1. The van der Waals surface area contributed by atoms with E-state index in [2.05, 4.69) is 48.2 Å². The second-order valence-electron chi connectivity index (χ2n) is 9.11. The van der Waals surface area contributed by atoms with E-state index >= 15 is 0 Å². The number of carbonyl (C=O) groups excluding carboxylic acids is 1. The molecule has 0 saturated carbocycles. The Morgan fingerprint density at radius 1 is 1.17 bits per heavy atom. The van der Waals surface area contributed by atoms with Crippen molar-refractivity contribution in [2.24, 2.45) is 0 Å². The topological polar surface area (TPSA) is 69.8 Å². The van der Waals surface area contributed by atoms with Gasteiger partial charge in [-0.1, -0.05) is 43.3 Å². The van der Waals surface area contributed by atoms with E-state index < -0.39 is 0 Å². The molecule has 2 fully saturated rings. The lowest BCUT2D eigenvalue weighted by Gasteiger charge is -2.31. The Kier molecular flexibility index (Phi) is 6.54. The van der Waals surface area contributed by atoms with Crippen LogP contribution >= 0.6 is 0 Å². The van der Waals surface area contributed by atoms with Crippen LogP contribution in [0.3, 0.4) is 0 Å². The van der Waals surface area contributed by atoms with Gasteiger partial charge in [0.1, 0.15) is 0 Å². The smallest absolute Gasteiger partial charge is 0.292 e. The number of aliphatic hydroxyl groups is 1. The summed E-state index contributed by atoms with van der Waals surface area (Å²) in [4.78, 5) is 16.9. The summed E-state index contributed by atoms with van der Waals surface area (Å²) in [5.41, 5.74) is 3.59. The van der Waals surface area contributed by atoms with Gasteiger partial charge < -0.3 is 14.5 Å². The van der Waals surface area contributed by atoms with Gasteiger partial charge in [-0.3, -0.25) is 9.69 Å². The normalized spacial score (nSPS) is 21.3. The van der Waals surface area contributed by atoms with Gasteiger partial charge in [0.2, 0.25) is 5.76 Å². The van der Waals surface area contributed by atoms with Gasteiger partial charge in [-0.05, 0) is 49.3 Å². The highest BCUT2D eigenvalue weighted by Crippen LogP contribution is 2.28. The summed E-state index contributed by atoms with van der Waals surface area (Å²) in [5, 5.41) is 13.9. The first-order valence-electron chi connectivity index (χ1n) is 11.2. The molecule has 2 aromatic rings. The standard InChI is InChI=1S/C24H33N3O3/c1-17(2)19-7-5-18(6-8-19)15-26-11-3-4-20(16-26)22-14-23(30-25-22)24(29)27-12-9-21(28)10-13-27/h5-8,14,17,20-21,28H,3-4,9-13,15-16H2,1-2H3/t20-/m1/s1. The molecule has 4 rings (SSSR count). The third kappa shape index (κ3) is 4.93. The molecule has 1 atom stereocenters. The number of nitrogens with zero attached hydrogens (tertiary/aromatic N) is 3. The van der Waals surface area contributed by atoms with Crippen LogP contribution in [0, 0.1) is 0 Å². The van der Waals surface area contributed by atoms with Crippen LogP contribution in [0.1, 0.15) is 78.7 Å². The van der Waals surface area contributed by atoms with Crippen molar-refractivity contribution in [2.75, 3.05) is 26.2 Å². The second kappa shape index (κ2) is 9.31. The summed E-state index contributed by atoms with van der Waals surface area (Å²) in [6.07, 6.45) is 3.15. The number of carbonyl (C=O) groups is 1. The zero-order valence-electron chi connectivity index (χ0n) is 18.1. The Bertz CT molecular complexity index is 838. The molecule has 1 aromatic carbocycles. The van der Waals surface area contributed by atoms with Gasteiger partial charge in [-0.15, -0.1) is 0 Å². The van der Waals surface area contributed by atoms with Crippen LogP contribution < -0.4 is 0 Å². The van der Waals surface area contributed by atoms with Crippen molar-refractivity contribution in [3.05, 3.63) is 52.9 Å². The fourth-order valence-electron chi connectivity index (χ4n) is 4.51. The monoisotopic (exact) mass is 411 g/mol. The van der Waals surface area contributed by atoms with Crippen molar-refractivity contribution in [1.29, 1.82) is 0 Å². The van der Waals surface area contributed by atoms with Crippen molar-refractivity contribution in [3.8, 4) is 0 Å². The maximum absolute atomic E-state index is 12.7. The highest BCUT2D eigenvalue weighted by atomic mass is 16.5. The minimum Gasteiger partial charge on any atom is -0.393 e. The quantitative estimate of drug-likeness (QED) is 0.811. The maximum Gasteiger partial charge on any atom is 0.292 e. The minimum atomic E-state index is -0.297. The average Bonchev–Trinajstić information content (AvgIpc) is 3.25. The molecule has 2 saturated heterocycles. The molecule has 0 bridgehead atoms. The number of benzene rings is 1. The van der Waals surface area contributed by atoms with Crippen LogP contribution in [0.2, 0.25) is 0 Å². The number of hydrogen-bond acceptors (Lipinski definition) is 5. The highest BCUT2D eigenvalue weighted by molar-refractivity contribution is 5.91. The number of amides is 1. The van der Waals surface area contributed by atoms with Crippen LogP contribution in [-0.2, 0) is 6.54 Å². The molecular weight excluding hydrogens is 378 g/mol. The van der Waals surface area contributed by atoms with E-state index in [0.29, 0.717) is 43.5 Å². The lowest BCUT2D eigenvalue weighted by molar-refractivity contribution is 0.0512. The largest absolute Gasteiger partial charge is 0.393 e. The van der Waals surface area contributed by atoms with Gasteiger partial charge in [0.15, 0.2) is 0 Å². The molecule has 0 aliphatic carbocycles. The summed E-state index contributed by atoms with van der Waals surface area (Å²) in [7, 11) is 0. The van der Waals surface area contributed by atoms with E-state index in [1.807, 2.05) is 6.07 Å². The first kappa shape index (κ1) is 21.1. The zero-order chi connectivity index (χ0) is 21.1. The first-order valence-corrected chi connectivity index (χ1v) is 11.2. The Labute approximate surface area is 178 Å². The Morgan fingerprint density at radius 2 is 1.90 bits per heavy atom. The Balaban J connectivity index is 1.36. The minimum absolute atomic E-state index is 0.112. The number of likely N-dealkylation sites (tertiary alicyclic amines) is 2. The predicted octanol–water partition coefficient (Wildman–Crippen LogP) is 3.77. The predicted molar refractivity (Wildman–Crippen MR) is 115 cm³/mol. The lowest BCUT2D eigenvalue weighted by atomic mass is 9.94. The molecule has 1 N–H and O–H groups in total. The summed E-state index contributed by atoms with van der Waals surface area (Å²) in [6.45, 7) is 8.54. The van der Waals surface area contributed by atoms with Gasteiger partial charge in [0, 0.05) is 38.2 Å². The SMILES string of the molecule is CC(C)c1ccc(CN2CCC[C@@H](c3cc(C(=O)N4CCC(O)CC4)on3)C2)cc1. The van der Waals surface area contributed by atoms with Crippen molar-refractivity contribution in [2.45, 2.75) is 64.0 Å². The summed E-state index contributed by atoms with van der Waals surface area (Å²) < 4.78 is 5.43. The Morgan fingerprint density at radius 3 is 2.60 bits per heavy atom. The molecule has 0 spiro atoms. The second-order valence-corrected chi connectivity index (χ2v) is 9.11. The van der Waals surface area contributed by atoms with Crippen molar-refractivity contribution in [1.82, 2.24) is 15.0 Å². The summed E-state index contributed by atoms with van der Waals surface area (Å²) in [6, 6.07) is 10.8. The third-order valence-corrected chi connectivity index (χ3v) is 6.47. The van der Waals surface area contributed by atoms with Crippen molar-refractivity contribution in [3.63, 3.8) is 0 Å². The van der Waals surface area contributed by atoms with Crippen LogP contribution in [0.25, 0.3) is 0 Å². The number of aromatic nitrogens is 1. The van der Waals surface area contributed by atoms with Gasteiger partial charge in [-0.2, -0.15) is 0 Å². The molecular formula is C24H33N3O3. The molecule has 30 heavy (non-hydrogen) atoms. The zero-order valence-corrected chi connectivity index (χ0v) is 18.1. The van der Waals surface area contributed by atoms with Crippen LogP contribution in [0.5, 0.6) is 0 Å². The van der Waals surface area contributed by atoms with E-state index in [9.17, 15) is 9.90 Å². The lowest BCUT2D eigenvalue weighted by Crippen LogP contribution is -2.39. The summed E-state index contributed by atoms with van der Waals surface area (Å²) >= 11 is 0. The third-order valence-electron chi connectivity index (χ3n) is 6.47. The fraction of sp³-hybridized carbons (Fsp3) is 0.583.